The van der Waals surface area contributed by atoms with Gasteiger partial charge in [0.25, 0.3) is 0 Å². The van der Waals surface area contributed by atoms with Gasteiger partial charge in [-0.15, -0.1) is 12.4 Å². The summed E-state index contributed by atoms with van der Waals surface area (Å²) in [5.41, 5.74) is 7.49. The SMILES string of the molecule is COc1cc(C(C)NC(=O)CCCN)ccc1OCc1ccccc1.Cl. The van der Waals surface area contributed by atoms with Crippen molar-refractivity contribution >= 4 is 18.3 Å². The predicted molar refractivity (Wildman–Crippen MR) is 106 cm³/mol. The molecule has 26 heavy (non-hydrogen) atoms. The van der Waals surface area contributed by atoms with E-state index in [-0.39, 0.29) is 24.4 Å². The van der Waals surface area contributed by atoms with Crippen molar-refractivity contribution in [2.75, 3.05) is 13.7 Å². The molecule has 0 bridgehead atoms. The Kier molecular flexibility index (Phi) is 9.55. The quantitative estimate of drug-likeness (QED) is 0.699. The van der Waals surface area contributed by atoms with E-state index >= 15 is 0 Å². The molecule has 0 spiro atoms. The summed E-state index contributed by atoms with van der Waals surface area (Å²) in [6, 6.07) is 15.6. The highest BCUT2D eigenvalue weighted by molar-refractivity contribution is 5.85. The van der Waals surface area contributed by atoms with Gasteiger partial charge in [-0.1, -0.05) is 36.4 Å². The molecule has 0 saturated heterocycles. The second-order valence-electron chi connectivity index (χ2n) is 5.87. The molecule has 2 aromatic rings. The van der Waals surface area contributed by atoms with Crippen LogP contribution in [0.4, 0.5) is 0 Å². The van der Waals surface area contributed by atoms with Crippen molar-refractivity contribution in [2.45, 2.75) is 32.4 Å². The summed E-state index contributed by atoms with van der Waals surface area (Å²) in [4.78, 5) is 11.8. The van der Waals surface area contributed by atoms with Crippen LogP contribution in [-0.2, 0) is 11.4 Å². The fourth-order valence-electron chi connectivity index (χ4n) is 2.47. The van der Waals surface area contributed by atoms with Crippen LogP contribution in [0.2, 0.25) is 0 Å². The standard InChI is InChI=1S/C20H26N2O3.ClH/c1-15(22-20(23)9-6-12-21)17-10-11-18(19(13-17)24-2)25-14-16-7-4-3-5-8-16;/h3-5,7-8,10-11,13,15H,6,9,12,14,21H2,1-2H3,(H,22,23);1H. The lowest BCUT2D eigenvalue weighted by molar-refractivity contribution is -0.121. The lowest BCUT2D eigenvalue weighted by atomic mass is 10.1. The number of methoxy groups -OCH3 is 1. The van der Waals surface area contributed by atoms with Gasteiger partial charge < -0.3 is 20.5 Å². The van der Waals surface area contributed by atoms with Crippen molar-refractivity contribution in [1.29, 1.82) is 0 Å². The molecule has 1 atom stereocenters. The highest BCUT2D eigenvalue weighted by Gasteiger charge is 2.13. The maximum absolute atomic E-state index is 11.8. The number of hydrogen-bond donors (Lipinski definition) is 2. The number of hydrogen-bond acceptors (Lipinski definition) is 4. The molecule has 0 radical (unpaired) electrons. The molecule has 0 aliphatic rings. The number of carbonyl (C=O) groups excluding carboxylic acids is 1. The summed E-state index contributed by atoms with van der Waals surface area (Å²) in [5, 5.41) is 2.97. The minimum atomic E-state index is -0.109. The first-order valence-corrected chi connectivity index (χ1v) is 8.48. The number of ether oxygens (including phenoxy) is 2. The highest BCUT2D eigenvalue weighted by Crippen LogP contribution is 2.31. The number of benzene rings is 2. The molecule has 6 heteroatoms. The van der Waals surface area contributed by atoms with E-state index in [1.807, 2.05) is 55.5 Å². The van der Waals surface area contributed by atoms with E-state index in [1.54, 1.807) is 7.11 Å². The predicted octanol–water partition coefficient (Wildman–Crippen LogP) is 3.61. The maximum Gasteiger partial charge on any atom is 0.220 e. The fraction of sp³-hybridized carbons (Fsp3) is 0.350. The Bertz CT molecular complexity index is 680. The zero-order valence-electron chi connectivity index (χ0n) is 15.2. The normalized spacial score (nSPS) is 11.2. The smallest absolute Gasteiger partial charge is 0.220 e. The molecule has 1 amide bonds. The first-order valence-electron chi connectivity index (χ1n) is 8.48. The molecule has 0 aliphatic carbocycles. The summed E-state index contributed by atoms with van der Waals surface area (Å²) in [5.74, 6) is 1.33. The minimum Gasteiger partial charge on any atom is -0.493 e. The molecule has 0 fully saturated rings. The third kappa shape index (κ3) is 6.58. The van der Waals surface area contributed by atoms with Crippen LogP contribution in [0, 0.1) is 0 Å². The van der Waals surface area contributed by atoms with E-state index in [1.165, 1.54) is 0 Å². The van der Waals surface area contributed by atoms with Gasteiger partial charge in [-0.25, -0.2) is 0 Å². The lowest BCUT2D eigenvalue weighted by Crippen LogP contribution is -2.26. The largest absolute Gasteiger partial charge is 0.493 e. The van der Waals surface area contributed by atoms with Gasteiger partial charge in [-0.3, -0.25) is 4.79 Å². The van der Waals surface area contributed by atoms with Crippen LogP contribution in [0.15, 0.2) is 48.5 Å². The molecular weight excluding hydrogens is 352 g/mol. The third-order valence-electron chi connectivity index (χ3n) is 3.91. The van der Waals surface area contributed by atoms with Gasteiger partial charge in [-0.2, -0.15) is 0 Å². The second kappa shape index (κ2) is 11.4. The molecule has 2 aromatic carbocycles. The fourth-order valence-corrected chi connectivity index (χ4v) is 2.47. The Morgan fingerprint density at radius 3 is 2.54 bits per heavy atom. The van der Waals surface area contributed by atoms with Crippen molar-refractivity contribution in [1.82, 2.24) is 5.32 Å². The molecule has 3 N–H and O–H groups in total. The minimum absolute atomic E-state index is 0. The Morgan fingerprint density at radius 2 is 1.88 bits per heavy atom. The van der Waals surface area contributed by atoms with E-state index in [0.717, 1.165) is 11.1 Å². The van der Waals surface area contributed by atoms with Crippen LogP contribution in [0.5, 0.6) is 11.5 Å². The summed E-state index contributed by atoms with van der Waals surface area (Å²) >= 11 is 0. The van der Waals surface area contributed by atoms with E-state index < -0.39 is 0 Å². The zero-order chi connectivity index (χ0) is 18.1. The Morgan fingerprint density at radius 1 is 1.15 bits per heavy atom. The molecule has 0 heterocycles. The van der Waals surface area contributed by atoms with E-state index in [0.29, 0.717) is 37.5 Å². The van der Waals surface area contributed by atoms with Crippen molar-refractivity contribution < 1.29 is 14.3 Å². The van der Waals surface area contributed by atoms with E-state index in [9.17, 15) is 4.79 Å². The van der Waals surface area contributed by atoms with Crippen LogP contribution in [-0.4, -0.2) is 19.6 Å². The molecule has 142 valence electrons. The van der Waals surface area contributed by atoms with Crippen LogP contribution in [0.3, 0.4) is 0 Å². The van der Waals surface area contributed by atoms with Gasteiger partial charge in [0.2, 0.25) is 5.91 Å². The molecule has 0 aromatic heterocycles. The summed E-state index contributed by atoms with van der Waals surface area (Å²) < 4.78 is 11.3. The lowest BCUT2D eigenvalue weighted by Gasteiger charge is -2.17. The molecule has 0 aliphatic heterocycles. The van der Waals surface area contributed by atoms with Gasteiger partial charge in [0.1, 0.15) is 6.61 Å². The summed E-state index contributed by atoms with van der Waals surface area (Å²) in [6.07, 6.45) is 1.13. The average Bonchev–Trinajstić information content (AvgIpc) is 2.65. The van der Waals surface area contributed by atoms with Crippen LogP contribution in [0.25, 0.3) is 0 Å². The van der Waals surface area contributed by atoms with Gasteiger partial charge in [-0.05, 0) is 43.1 Å². The number of rotatable bonds is 9. The molecule has 5 nitrogen and oxygen atoms in total. The molecule has 0 saturated carbocycles. The van der Waals surface area contributed by atoms with Gasteiger partial charge in [0, 0.05) is 6.42 Å². The zero-order valence-corrected chi connectivity index (χ0v) is 16.1. The average molecular weight is 379 g/mol. The third-order valence-corrected chi connectivity index (χ3v) is 3.91. The van der Waals surface area contributed by atoms with Gasteiger partial charge in [0.05, 0.1) is 13.2 Å². The number of carbonyl (C=O) groups is 1. The highest BCUT2D eigenvalue weighted by atomic mass is 35.5. The molecular formula is C20H27ClN2O3. The number of halogens is 1. The number of amides is 1. The Balaban J connectivity index is 0.00000338. The van der Waals surface area contributed by atoms with Crippen molar-refractivity contribution in [2.24, 2.45) is 5.73 Å². The van der Waals surface area contributed by atoms with Crippen LogP contribution < -0.4 is 20.5 Å². The second-order valence-corrected chi connectivity index (χ2v) is 5.87. The number of nitrogens with two attached hydrogens (primary N) is 1. The monoisotopic (exact) mass is 378 g/mol. The van der Waals surface area contributed by atoms with Crippen molar-refractivity contribution in [3.8, 4) is 11.5 Å². The summed E-state index contributed by atoms with van der Waals surface area (Å²) in [7, 11) is 1.61. The first-order chi connectivity index (χ1) is 12.1. The van der Waals surface area contributed by atoms with Crippen molar-refractivity contribution in [3.05, 3.63) is 59.7 Å². The van der Waals surface area contributed by atoms with E-state index in [4.69, 9.17) is 15.2 Å². The Labute approximate surface area is 161 Å². The number of nitrogens with one attached hydrogen (secondary N) is 1. The first kappa shape index (κ1) is 21.8. The van der Waals surface area contributed by atoms with E-state index in [2.05, 4.69) is 5.32 Å². The Hall–Kier alpha value is -2.24. The van der Waals surface area contributed by atoms with Gasteiger partial charge in [0.15, 0.2) is 11.5 Å². The van der Waals surface area contributed by atoms with Crippen LogP contribution >= 0.6 is 12.4 Å². The van der Waals surface area contributed by atoms with Crippen molar-refractivity contribution in [3.63, 3.8) is 0 Å². The topological polar surface area (TPSA) is 73.6 Å². The maximum atomic E-state index is 11.8. The van der Waals surface area contributed by atoms with Crippen LogP contribution in [0.1, 0.15) is 36.9 Å². The molecule has 1 unspecified atom stereocenters. The molecule has 2 rings (SSSR count). The van der Waals surface area contributed by atoms with Gasteiger partial charge >= 0.3 is 0 Å². The summed E-state index contributed by atoms with van der Waals surface area (Å²) in [6.45, 7) is 2.94.